The van der Waals surface area contributed by atoms with Crippen molar-refractivity contribution >= 4 is 17.8 Å². The van der Waals surface area contributed by atoms with Crippen LogP contribution in [-0.2, 0) is 14.4 Å². The molecule has 1 aromatic carbocycles. The van der Waals surface area contributed by atoms with Gasteiger partial charge < -0.3 is 20.0 Å². The van der Waals surface area contributed by atoms with Crippen molar-refractivity contribution in [3.8, 4) is 0 Å². The molecule has 8 nitrogen and oxygen atoms in total. The van der Waals surface area contributed by atoms with Gasteiger partial charge in [-0.05, 0) is 70.0 Å². The van der Waals surface area contributed by atoms with Crippen LogP contribution in [0.5, 0.6) is 0 Å². The zero-order valence-electron chi connectivity index (χ0n) is 21.1. The van der Waals surface area contributed by atoms with E-state index in [4.69, 9.17) is 19.8 Å². The Morgan fingerprint density at radius 3 is 1.76 bits per heavy atom. The van der Waals surface area contributed by atoms with Crippen molar-refractivity contribution in [2.45, 2.75) is 76.5 Å². The van der Waals surface area contributed by atoms with Gasteiger partial charge >= 0.3 is 0 Å². The molecule has 3 N–H and O–H groups in total. The summed E-state index contributed by atoms with van der Waals surface area (Å²) in [7, 11) is 6.44. The maximum atomic E-state index is 13.1. The molecule has 3 fully saturated rings. The van der Waals surface area contributed by atoms with Crippen molar-refractivity contribution in [1.82, 2.24) is 15.1 Å². The second-order valence-corrected chi connectivity index (χ2v) is 9.98. The minimum atomic E-state index is -0.833. The monoisotopic (exact) mass is 475 g/mol. The van der Waals surface area contributed by atoms with E-state index < -0.39 is 11.9 Å². The van der Waals surface area contributed by atoms with Crippen LogP contribution >= 0.6 is 0 Å². The molecule has 4 rings (SSSR count). The van der Waals surface area contributed by atoms with Gasteiger partial charge in [-0.25, -0.2) is 0 Å². The van der Waals surface area contributed by atoms with Crippen LogP contribution in [0.3, 0.4) is 0 Å². The van der Waals surface area contributed by atoms with Crippen LogP contribution in [-0.4, -0.2) is 77.1 Å². The Labute approximate surface area is 203 Å². The van der Waals surface area contributed by atoms with E-state index in [0.717, 1.165) is 44.6 Å². The lowest BCUT2D eigenvalue weighted by molar-refractivity contribution is -0.135. The van der Waals surface area contributed by atoms with Crippen LogP contribution in [0.2, 0.25) is 0 Å². The number of hydrogen-bond donors (Lipinski definition) is 3. The van der Waals surface area contributed by atoms with Crippen LogP contribution in [0.25, 0.3) is 0 Å². The molecule has 190 valence electrons. The molecule has 1 amide bonds. The highest BCUT2D eigenvalue weighted by Crippen LogP contribution is 2.46. The van der Waals surface area contributed by atoms with Crippen molar-refractivity contribution in [3.63, 3.8) is 0 Å². The number of fused-ring (bicyclic) bond motifs is 1. The number of likely N-dealkylation sites (N-methyl/N-ethyl adjacent to an activating group) is 1. The summed E-state index contributed by atoms with van der Waals surface area (Å²) in [5.74, 6) is 0.269. The van der Waals surface area contributed by atoms with E-state index in [9.17, 15) is 4.79 Å². The average Bonchev–Trinajstić information content (AvgIpc) is 3.47. The number of benzene rings is 1. The molecule has 0 bridgehead atoms. The first-order chi connectivity index (χ1) is 16.0. The predicted octanol–water partition coefficient (Wildman–Crippen LogP) is 3.24. The Kier molecular flexibility index (Phi) is 10.5. The van der Waals surface area contributed by atoms with E-state index in [2.05, 4.69) is 53.5 Å². The number of carboxylic acid groups (broad SMARTS) is 2. The number of amides is 1. The van der Waals surface area contributed by atoms with Crippen molar-refractivity contribution < 1.29 is 24.6 Å². The van der Waals surface area contributed by atoms with Crippen LogP contribution in [0.4, 0.5) is 0 Å². The lowest BCUT2D eigenvalue weighted by atomic mass is 10.0. The normalized spacial score (nSPS) is 29.4. The van der Waals surface area contributed by atoms with Gasteiger partial charge in [0, 0.05) is 39.0 Å². The third-order valence-corrected chi connectivity index (χ3v) is 7.24. The van der Waals surface area contributed by atoms with Crippen molar-refractivity contribution in [1.29, 1.82) is 0 Å². The molecule has 2 saturated carbocycles. The van der Waals surface area contributed by atoms with E-state index in [1.54, 1.807) is 0 Å². The summed E-state index contributed by atoms with van der Waals surface area (Å²) < 4.78 is 0. The molecule has 1 heterocycles. The Hall–Kier alpha value is -2.45. The lowest BCUT2D eigenvalue weighted by Gasteiger charge is -2.29. The second-order valence-electron chi connectivity index (χ2n) is 9.98. The largest absolute Gasteiger partial charge is 0.481 e. The molecule has 2 unspecified atom stereocenters. The maximum absolute atomic E-state index is 13.1. The van der Waals surface area contributed by atoms with Gasteiger partial charge in [-0.3, -0.25) is 19.7 Å². The van der Waals surface area contributed by atoms with Gasteiger partial charge in [0.15, 0.2) is 0 Å². The zero-order valence-corrected chi connectivity index (χ0v) is 21.1. The van der Waals surface area contributed by atoms with Crippen LogP contribution in [0, 0.1) is 11.8 Å². The van der Waals surface area contributed by atoms with Gasteiger partial charge in [0.25, 0.3) is 11.9 Å². The van der Waals surface area contributed by atoms with E-state index in [1.165, 1.54) is 31.2 Å². The molecule has 8 heteroatoms. The molecule has 0 aromatic heterocycles. The number of aliphatic carboxylic acids is 2. The Bertz CT molecular complexity index is 782. The van der Waals surface area contributed by atoms with Gasteiger partial charge in [0.05, 0.1) is 6.04 Å². The molecule has 3 aliphatic rings. The minimum Gasteiger partial charge on any atom is -0.481 e. The van der Waals surface area contributed by atoms with Gasteiger partial charge in [0.2, 0.25) is 5.91 Å². The maximum Gasteiger partial charge on any atom is 0.300 e. The fourth-order valence-corrected chi connectivity index (χ4v) is 5.60. The summed E-state index contributed by atoms with van der Waals surface area (Å²) in [4.78, 5) is 35.5. The topological polar surface area (TPSA) is 110 Å². The fourth-order valence-electron chi connectivity index (χ4n) is 5.60. The summed E-state index contributed by atoms with van der Waals surface area (Å²) in [5, 5.41) is 18.4. The van der Waals surface area contributed by atoms with Crippen molar-refractivity contribution in [2.75, 3.05) is 21.1 Å². The summed E-state index contributed by atoms with van der Waals surface area (Å²) in [6.07, 6.45) is 7.03. The smallest absolute Gasteiger partial charge is 0.300 e. The predicted molar refractivity (Wildman–Crippen MR) is 131 cm³/mol. The van der Waals surface area contributed by atoms with Crippen molar-refractivity contribution in [2.24, 2.45) is 11.8 Å². The van der Waals surface area contributed by atoms with Crippen molar-refractivity contribution in [3.05, 3.63) is 35.9 Å². The Morgan fingerprint density at radius 2 is 1.29 bits per heavy atom. The first kappa shape index (κ1) is 27.8. The van der Waals surface area contributed by atoms with Crippen LogP contribution in [0.1, 0.15) is 64.0 Å². The SMILES string of the molecule is CC(=O)O.CC(=O)O.CN(C)C1C[C@@H]2CC(N(C)C(=O)[C@H]3CC[C@H](c4ccccc4)N3)C[C@@H]2C1. The average molecular weight is 476 g/mol. The number of nitrogens with one attached hydrogen (secondary N) is 1. The molecule has 0 radical (unpaired) electrons. The molecule has 1 saturated heterocycles. The first-order valence-electron chi connectivity index (χ1n) is 12.1. The summed E-state index contributed by atoms with van der Waals surface area (Å²) in [5.41, 5.74) is 1.30. The van der Waals surface area contributed by atoms with Crippen LogP contribution in [0.15, 0.2) is 30.3 Å². The molecule has 0 spiro atoms. The molecule has 6 atom stereocenters. The highest BCUT2D eigenvalue weighted by Gasteiger charge is 2.45. The number of carboxylic acids is 2. The summed E-state index contributed by atoms with van der Waals surface area (Å²) in [6.45, 7) is 2.17. The third-order valence-electron chi connectivity index (χ3n) is 7.24. The Morgan fingerprint density at radius 1 is 0.824 bits per heavy atom. The number of rotatable bonds is 4. The standard InChI is InChI=1S/C22H33N3O.2C2H4O2/c1-24(2)18-11-16-13-19(14-17(16)12-18)25(3)22(26)21-10-9-20(23-21)15-7-5-4-6-8-15;2*1-2(3)4/h4-8,16-21,23H,9-14H2,1-3H3;2*1H3,(H,3,4)/t16-,17+,18?,19?,20-,21-;;/m1../s1. The molecule has 34 heavy (non-hydrogen) atoms. The molecule has 1 aromatic rings. The number of carbonyl (C=O) groups excluding carboxylic acids is 1. The minimum absolute atomic E-state index is 0.0137. The highest BCUT2D eigenvalue weighted by molar-refractivity contribution is 5.82. The molecule has 2 aliphatic carbocycles. The van der Waals surface area contributed by atoms with Gasteiger partial charge in [-0.2, -0.15) is 0 Å². The quantitative estimate of drug-likeness (QED) is 0.613. The highest BCUT2D eigenvalue weighted by atomic mass is 16.4. The molecular weight excluding hydrogens is 434 g/mol. The van der Waals surface area contributed by atoms with E-state index >= 15 is 0 Å². The van der Waals surface area contributed by atoms with Crippen LogP contribution < -0.4 is 5.32 Å². The first-order valence-corrected chi connectivity index (χ1v) is 12.1. The van der Waals surface area contributed by atoms with E-state index in [0.29, 0.717) is 18.0 Å². The van der Waals surface area contributed by atoms with Gasteiger partial charge in [0.1, 0.15) is 0 Å². The Balaban J connectivity index is 0.000000446. The second kappa shape index (κ2) is 12.9. The molecule has 1 aliphatic heterocycles. The number of nitrogens with zero attached hydrogens (tertiary/aromatic N) is 2. The summed E-state index contributed by atoms with van der Waals surface area (Å²) >= 11 is 0. The van der Waals surface area contributed by atoms with E-state index in [-0.39, 0.29) is 6.04 Å². The zero-order chi connectivity index (χ0) is 25.4. The number of carbonyl (C=O) groups is 3. The van der Waals surface area contributed by atoms with E-state index in [1.807, 2.05) is 13.1 Å². The van der Waals surface area contributed by atoms with Gasteiger partial charge in [-0.1, -0.05) is 30.3 Å². The molecular formula is C26H41N3O5. The lowest BCUT2D eigenvalue weighted by Crippen LogP contribution is -2.46. The summed E-state index contributed by atoms with van der Waals surface area (Å²) in [6, 6.07) is 12.0. The number of hydrogen-bond acceptors (Lipinski definition) is 5. The fraction of sp³-hybridized carbons (Fsp3) is 0.654. The van der Waals surface area contributed by atoms with Gasteiger partial charge in [-0.15, -0.1) is 0 Å². The third kappa shape index (κ3) is 8.09.